The fourth-order valence-electron chi connectivity index (χ4n) is 2.72. The fraction of sp³-hybridized carbons (Fsp3) is 0.438. The van der Waals surface area contributed by atoms with Crippen LogP contribution in [0.5, 0.6) is 0 Å². The van der Waals surface area contributed by atoms with E-state index in [1.165, 1.54) is 0 Å². The van der Waals surface area contributed by atoms with E-state index in [9.17, 15) is 9.59 Å². The number of amides is 1. The zero-order chi connectivity index (χ0) is 15.2. The molecule has 5 nitrogen and oxygen atoms in total. The Morgan fingerprint density at radius 3 is 2.86 bits per heavy atom. The van der Waals surface area contributed by atoms with Crippen molar-refractivity contribution in [2.24, 2.45) is 5.92 Å². The van der Waals surface area contributed by atoms with Crippen LogP contribution in [0.3, 0.4) is 0 Å². The highest BCUT2D eigenvalue weighted by molar-refractivity contribution is 5.94. The summed E-state index contributed by atoms with van der Waals surface area (Å²) in [7, 11) is 0. The number of hydrogen-bond donors (Lipinski definition) is 1. The monoisotopic (exact) mass is 286 g/mol. The number of aliphatic carboxylic acids is 1. The lowest BCUT2D eigenvalue weighted by Gasteiger charge is -2.20. The van der Waals surface area contributed by atoms with Crippen LogP contribution in [0, 0.1) is 17.2 Å². The summed E-state index contributed by atoms with van der Waals surface area (Å²) in [4.78, 5) is 25.0. The largest absolute Gasteiger partial charge is 0.481 e. The maximum atomic E-state index is 12.4. The van der Waals surface area contributed by atoms with E-state index >= 15 is 0 Å². The molecule has 0 aliphatic carbocycles. The van der Waals surface area contributed by atoms with Gasteiger partial charge in [0.2, 0.25) is 0 Å². The summed E-state index contributed by atoms with van der Waals surface area (Å²) in [6.45, 7) is 1.22. The lowest BCUT2D eigenvalue weighted by Crippen LogP contribution is -2.32. The highest BCUT2D eigenvalue weighted by atomic mass is 16.4. The molecular formula is C16H18N2O3. The van der Waals surface area contributed by atoms with Gasteiger partial charge < -0.3 is 10.0 Å². The van der Waals surface area contributed by atoms with Crippen molar-refractivity contribution in [3.63, 3.8) is 0 Å². The number of nitriles is 1. The molecule has 1 aliphatic heterocycles. The van der Waals surface area contributed by atoms with Crippen LogP contribution >= 0.6 is 0 Å². The van der Waals surface area contributed by atoms with E-state index in [1.54, 1.807) is 29.2 Å². The molecule has 1 amide bonds. The minimum absolute atomic E-state index is 0.0805. The highest BCUT2D eigenvalue weighted by Gasteiger charge is 2.23. The Morgan fingerprint density at radius 1 is 1.33 bits per heavy atom. The van der Waals surface area contributed by atoms with Gasteiger partial charge in [0.15, 0.2) is 0 Å². The van der Waals surface area contributed by atoms with Gasteiger partial charge in [-0.1, -0.05) is 6.07 Å². The van der Waals surface area contributed by atoms with E-state index in [2.05, 4.69) is 0 Å². The molecule has 1 aliphatic rings. The first kappa shape index (κ1) is 15.0. The van der Waals surface area contributed by atoms with E-state index < -0.39 is 5.97 Å². The van der Waals surface area contributed by atoms with Crippen LogP contribution in [-0.2, 0) is 4.79 Å². The van der Waals surface area contributed by atoms with Crippen molar-refractivity contribution in [1.82, 2.24) is 4.90 Å². The van der Waals surface area contributed by atoms with Gasteiger partial charge in [0.05, 0.1) is 11.6 Å². The van der Waals surface area contributed by atoms with E-state index in [-0.39, 0.29) is 18.2 Å². The number of nitrogens with zero attached hydrogens (tertiary/aromatic N) is 2. The summed E-state index contributed by atoms with van der Waals surface area (Å²) in [6.07, 6.45) is 2.55. The van der Waals surface area contributed by atoms with Crippen LogP contribution in [0.4, 0.5) is 0 Å². The zero-order valence-electron chi connectivity index (χ0n) is 11.8. The summed E-state index contributed by atoms with van der Waals surface area (Å²) < 4.78 is 0. The fourth-order valence-corrected chi connectivity index (χ4v) is 2.72. The molecular weight excluding hydrogens is 268 g/mol. The first-order valence-corrected chi connectivity index (χ1v) is 7.11. The Kier molecular flexibility index (Phi) is 4.94. The molecule has 2 rings (SSSR count). The third-order valence-corrected chi connectivity index (χ3v) is 3.84. The predicted octanol–water partition coefficient (Wildman–Crippen LogP) is 2.28. The summed E-state index contributed by atoms with van der Waals surface area (Å²) in [5.41, 5.74) is 0.991. The van der Waals surface area contributed by atoms with Gasteiger partial charge in [-0.3, -0.25) is 9.59 Å². The van der Waals surface area contributed by atoms with E-state index in [1.807, 2.05) is 6.07 Å². The maximum Gasteiger partial charge on any atom is 0.303 e. The van der Waals surface area contributed by atoms with Gasteiger partial charge in [-0.25, -0.2) is 0 Å². The third-order valence-electron chi connectivity index (χ3n) is 3.84. The van der Waals surface area contributed by atoms with Crippen LogP contribution < -0.4 is 0 Å². The predicted molar refractivity (Wildman–Crippen MR) is 76.7 cm³/mol. The van der Waals surface area contributed by atoms with E-state index in [0.717, 1.165) is 19.3 Å². The number of benzene rings is 1. The Hall–Kier alpha value is -2.35. The van der Waals surface area contributed by atoms with Crippen molar-refractivity contribution >= 4 is 11.9 Å². The van der Waals surface area contributed by atoms with Gasteiger partial charge in [-0.05, 0) is 43.4 Å². The Labute approximate surface area is 123 Å². The summed E-state index contributed by atoms with van der Waals surface area (Å²) in [5.74, 6) is -0.713. The third kappa shape index (κ3) is 4.06. The molecule has 1 saturated heterocycles. The molecule has 0 radical (unpaired) electrons. The molecule has 1 fully saturated rings. The second-order valence-corrected chi connectivity index (χ2v) is 5.38. The van der Waals surface area contributed by atoms with Crippen molar-refractivity contribution < 1.29 is 14.7 Å². The lowest BCUT2D eigenvalue weighted by atomic mass is 9.97. The van der Waals surface area contributed by atoms with Crippen molar-refractivity contribution in [2.45, 2.75) is 25.7 Å². The van der Waals surface area contributed by atoms with Crippen molar-refractivity contribution in [1.29, 1.82) is 5.26 Å². The molecule has 0 saturated carbocycles. The smallest absolute Gasteiger partial charge is 0.303 e. The normalized spacial score (nSPS) is 18.6. The Morgan fingerprint density at radius 2 is 2.14 bits per heavy atom. The molecule has 0 bridgehead atoms. The molecule has 0 aromatic heterocycles. The minimum atomic E-state index is -0.776. The molecule has 1 heterocycles. The summed E-state index contributed by atoms with van der Waals surface area (Å²) >= 11 is 0. The first-order valence-electron chi connectivity index (χ1n) is 7.11. The summed E-state index contributed by atoms with van der Waals surface area (Å²) in [6, 6.07) is 8.71. The second kappa shape index (κ2) is 6.89. The number of carbonyl (C=O) groups excluding carboxylic acids is 1. The van der Waals surface area contributed by atoms with Crippen LogP contribution in [0.15, 0.2) is 24.3 Å². The SMILES string of the molecule is N#Cc1cccc(C(=O)N2CCCC(CC(=O)O)CC2)c1. The van der Waals surface area contributed by atoms with Gasteiger partial charge >= 0.3 is 5.97 Å². The average Bonchev–Trinajstić information content (AvgIpc) is 2.71. The van der Waals surface area contributed by atoms with Gasteiger partial charge in [-0.2, -0.15) is 5.26 Å². The zero-order valence-corrected chi connectivity index (χ0v) is 11.8. The van der Waals surface area contributed by atoms with Gasteiger partial charge in [0, 0.05) is 25.1 Å². The molecule has 1 aromatic carbocycles. The first-order chi connectivity index (χ1) is 10.1. The molecule has 110 valence electrons. The van der Waals surface area contributed by atoms with Crippen molar-refractivity contribution in [3.8, 4) is 6.07 Å². The number of carboxylic acid groups (broad SMARTS) is 1. The second-order valence-electron chi connectivity index (χ2n) is 5.38. The van der Waals surface area contributed by atoms with Crippen LogP contribution in [0.2, 0.25) is 0 Å². The van der Waals surface area contributed by atoms with E-state index in [4.69, 9.17) is 10.4 Å². The van der Waals surface area contributed by atoms with Gasteiger partial charge in [-0.15, -0.1) is 0 Å². The highest BCUT2D eigenvalue weighted by Crippen LogP contribution is 2.22. The average molecular weight is 286 g/mol. The number of carbonyl (C=O) groups is 2. The van der Waals surface area contributed by atoms with Crippen LogP contribution in [0.1, 0.15) is 41.6 Å². The Bertz CT molecular complexity index is 577. The number of carboxylic acids is 1. The number of rotatable bonds is 3. The van der Waals surface area contributed by atoms with Gasteiger partial charge in [0.25, 0.3) is 5.91 Å². The maximum absolute atomic E-state index is 12.4. The molecule has 0 spiro atoms. The quantitative estimate of drug-likeness (QED) is 0.924. The minimum Gasteiger partial charge on any atom is -0.481 e. The molecule has 21 heavy (non-hydrogen) atoms. The topological polar surface area (TPSA) is 81.4 Å². The molecule has 1 atom stereocenters. The number of likely N-dealkylation sites (tertiary alicyclic amines) is 1. The van der Waals surface area contributed by atoms with Crippen LogP contribution in [-0.4, -0.2) is 35.0 Å². The van der Waals surface area contributed by atoms with E-state index in [0.29, 0.717) is 24.2 Å². The van der Waals surface area contributed by atoms with Gasteiger partial charge in [0.1, 0.15) is 0 Å². The molecule has 5 heteroatoms. The number of hydrogen-bond acceptors (Lipinski definition) is 3. The standard InChI is InChI=1S/C16H18N2O3/c17-11-13-3-1-5-14(9-13)16(21)18-7-2-4-12(6-8-18)10-15(19)20/h1,3,5,9,12H,2,4,6-8,10H2,(H,19,20). The molecule has 1 N–H and O–H groups in total. The van der Waals surface area contributed by atoms with Crippen molar-refractivity contribution in [3.05, 3.63) is 35.4 Å². The summed E-state index contributed by atoms with van der Waals surface area (Å²) in [5, 5.41) is 17.7. The molecule has 1 unspecified atom stereocenters. The van der Waals surface area contributed by atoms with Crippen LogP contribution in [0.25, 0.3) is 0 Å². The van der Waals surface area contributed by atoms with Crippen molar-refractivity contribution in [2.75, 3.05) is 13.1 Å². The molecule has 1 aromatic rings. The Balaban J connectivity index is 2.03. The lowest BCUT2D eigenvalue weighted by molar-refractivity contribution is -0.138.